The van der Waals surface area contributed by atoms with Crippen molar-refractivity contribution in [2.24, 2.45) is 0 Å². The highest BCUT2D eigenvalue weighted by molar-refractivity contribution is 8.00. The van der Waals surface area contributed by atoms with Crippen molar-refractivity contribution in [2.75, 3.05) is 26.0 Å². The first-order chi connectivity index (χ1) is 18.1. The molecule has 8 nitrogen and oxygen atoms in total. The molecule has 3 atom stereocenters. The first-order valence-corrected chi connectivity index (χ1v) is 14.1. The first-order valence-electron chi connectivity index (χ1n) is 13.0. The third-order valence-electron chi connectivity index (χ3n) is 5.53. The highest BCUT2D eigenvalue weighted by atomic mass is 32.2. The zero-order chi connectivity index (χ0) is 28.8. The Hall–Kier alpha value is -2.05. The summed E-state index contributed by atoms with van der Waals surface area (Å²) in [5.41, 5.74) is 0. The van der Waals surface area contributed by atoms with Crippen molar-refractivity contribution in [3.05, 3.63) is 24.3 Å². The monoisotopic (exact) mass is 568 g/mol. The molecule has 0 radical (unpaired) electrons. The molecule has 220 valence electrons. The minimum Gasteiger partial charge on any atom is -0.468 e. The lowest BCUT2D eigenvalue weighted by atomic mass is 10.1. The maximum absolute atomic E-state index is 12.8. The van der Waals surface area contributed by atoms with E-state index in [9.17, 15) is 32.7 Å². The summed E-state index contributed by atoms with van der Waals surface area (Å²) in [6.45, 7) is 1.56. The van der Waals surface area contributed by atoms with Crippen LogP contribution in [-0.2, 0) is 19.1 Å². The van der Waals surface area contributed by atoms with Gasteiger partial charge in [0.2, 0.25) is 5.91 Å². The Kier molecular flexibility index (Phi) is 20.7. The number of aliphatic hydroxyl groups is 2. The Morgan fingerprint density at radius 2 is 1.71 bits per heavy atom. The Labute approximate surface area is 227 Å². The van der Waals surface area contributed by atoms with E-state index < -0.39 is 47.9 Å². The molecule has 0 aromatic rings. The fourth-order valence-corrected chi connectivity index (χ4v) is 4.51. The number of aliphatic hydroxyl groups excluding tert-OH is 2. The van der Waals surface area contributed by atoms with E-state index in [1.807, 2.05) is 12.2 Å². The van der Waals surface area contributed by atoms with Gasteiger partial charge in [-0.3, -0.25) is 14.4 Å². The van der Waals surface area contributed by atoms with Crippen LogP contribution in [0.25, 0.3) is 0 Å². The zero-order valence-corrected chi connectivity index (χ0v) is 23.1. The van der Waals surface area contributed by atoms with E-state index in [0.29, 0.717) is 19.3 Å². The average molecular weight is 569 g/mol. The predicted molar refractivity (Wildman–Crippen MR) is 142 cm³/mol. The molecule has 0 fully saturated rings. The molecule has 0 bridgehead atoms. The third-order valence-corrected chi connectivity index (χ3v) is 6.91. The number of amides is 2. The van der Waals surface area contributed by atoms with Crippen LogP contribution in [0.5, 0.6) is 0 Å². The SMILES string of the molecule is CCCCCCCCC=CC=C[C@H](SCC(NC(=O)C(F)(F)F)C(=O)NCC(=O)OC)[C@H](O)CCCCO. The van der Waals surface area contributed by atoms with Gasteiger partial charge < -0.3 is 25.6 Å². The molecule has 0 aliphatic heterocycles. The highest BCUT2D eigenvalue weighted by Crippen LogP contribution is 2.22. The van der Waals surface area contributed by atoms with Crippen molar-refractivity contribution in [1.82, 2.24) is 10.6 Å². The smallest absolute Gasteiger partial charge is 0.468 e. The lowest BCUT2D eigenvalue weighted by Crippen LogP contribution is -2.52. The summed E-state index contributed by atoms with van der Waals surface area (Å²) in [5, 5.41) is 22.8. The predicted octanol–water partition coefficient (Wildman–Crippen LogP) is 3.81. The number of thioether (sulfide) groups is 1. The molecule has 0 spiro atoms. The van der Waals surface area contributed by atoms with Crippen LogP contribution in [-0.4, -0.2) is 77.6 Å². The van der Waals surface area contributed by atoms with E-state index in [4.69, 9.17) is 5.11 Å². The Bertz CT molecular complexity index is 734. The highest BCUT2D eigenvalue weighted by Gasteiger charge is 2.41. The van der Waals surface area contributed by atoms with Gasteiger partial charge in [0.25, 0.3) is 0 Å². The van der Waals surface area contributed by atoms with Crippen LogP contribution >= 0.6 is 11.8 Å². The number of hydrogen-bond donors (Lipinski definition) is 4. The number of unbranched alkanes of at least 4 members (excludes halogenated alkanes) is 7. The van der Waals surface area contributed by atoms with E-state index in [1.54, 1.807) is 17.5 Å². The van der Waals surface area contributed by atoms with E-state index in [0.717, 1.165) is 38.1 Å². The van der Waals surface area contributed by atoms with Gasteiger partial charge in [0.05, 0.1) is 13.2 Å². The van der Waals surface area contributed by atoms with Crippen LogP contribution in [0, 0.1) is 0 Å². The first kappa shape index (κ1) is 35.9. The molecule has 0 aliphatic rings. The number of esters is 1. The molecular formula is C26H43F3N2O6S. The number of hydrogen-bond acceptors (Lipinski definition) is 7. The number of rotatable bonds is 21. The second-order valence-corrected chi connectivity index (χ2v) is 9.98. The molecule has 4 N–H and O–H groups in total. The van der Waals surface area contributed by atoms with Gasteiger partial charge >= 0.3 is 18.1 Å². The minimum absolute atomic E-state index is 0.0343. The van der Waals surface area contributed by atoms with Crippen LogP contribution in [0.3, 0.4) is 0 Å². The number of alkyl halides is 3. The summed E-state index contributed by atoms with van der Waals surface area (Å²) >= 11 is 1.00. The van der Waals surface area contributed by atoms with Gasteiger partial charge in [-0.15, -0.1) is 11.8 Å². The van der Waals surface area contributed by atoms with Gasteiger partial charge in [0.15, 0.2) is 0 Å². The molecule has 0 aromatic carbocycles. The second kappa shape index (κ2) is 21.8. The summed E-state index contributed by atoms with van der Waals surface area (Å²) in [7, 11) is 1.09. The topological polar surface area (TPSA) is 125 Å². The third kappa shape index (κ3) is 18.2. The quantitative estimate of drug-likeness (QED) is 0.0943. The molecule has 2 amide bonds. The fourth-order valence-electron chi connectivity index (χ4n) is 3.30. The summed E-state index contributed by atoms with van der Waals surface area (Å²) in [6.07, 6.45) is 10.5. The van der Waals surface area contributed by atoms with Gasteiger partial charge in [-0.25, -0.2) is 0 Å². The largest absolute Gasteiger partial charge is 0.471 e. The molecule has 0 saturated carbocycles. The van der Waals surface area contributed by atoms with E-state index in [1.165, 1.54) is 25.7 Å². The van der Waals surface area contributed by atoms with E-state index in [2.05, 4.69) is 17.0 Å². The maximum Gasteiger partial charge on any atom is 0.471 e. The Balaban J connectivity index is 5.23. The van der Waals surface area contributed by atoms with Gasteiger partial charge in [0.1, 0.15) is 12.6 Å². The molecular weight excluding hydrogens is 525 g/mol. The number of carbonyl (C=O) groups is 3. The minimum atomic E-state index is -5.20. The summed E-state index contributed by atoms with van der Waals surface area (Å²) in [5.74, 6) is -4.37. The van der Waals surface area contributed by atoms with Crippen LogP contribution in [0.15, 0.2) is 24.3 Å². The van der Waals surface area contributed by atoms with Crippen molar-refractivity contribution in [3.63, 3.8) is 0 Å². The summed E-state index contributed by atoms with van der Waals surface area (Å²) < 4.78 is 42.8. The standard InChI is InChI=1S/C26H43F3N2O6S/c1-3-4-5-6-7-8-9-10-11-12-16-22(21(33)15-13-14-17-32)38-19-20(31-25(36)26(27,28)29)24(35)30-18-23(34)37-2/h10-12,16,20-22,32-33H,3-9,13-15,17-19H2,1-2H3,(H,30,35)(H,31,36)/t20?,21-,22+/m1/s1. The van der Waals surface area contributed by atoms with E-state index >= 15 is 0 Å². The lowest BCUT2D eigenvalue weighted by molar-refractivity contribution is -0.174. The Morgan fingerprint density at radius 1 is 1.03 bits per heavy atom. The second-order valence-electron chi connectivity index (χ2n) is 8.77. The molecule has 1 unspecified atom stereocenters. The van der Waals surface area contributed by atoms with Gasteiger partial charge in [-0.2, -0.15) is 13.2 Å². The number of carbonyl (C=O) groups excluding carboxylic acids is 3. The number of allylic oxidation sites excluding steroid dienone is 3. The van der Waals surface area contributed by atoms with E-state index in [-0.39, 0.29) is 12.4 Å². The van der Waals surface area contributed by atoms with Crippen molar-refractivity contribution >= 4 is 29.5 Å². The van der Waals surface area contributed by atoms with Crippen LogP contribution in [0.4, 0.5) is 13.2 Å². The van der Waals surface area contributed by atoms with Gasteiger partial charge in [0, 0.05) is 17.6 Å². The molecule has 0 saturated heterocycles. The molecule has 0 heterocycles. The fraction of sp³-hybridized carbons (Fsp3) is 0.731. The summed E-state index contributed by atoms with van der Waals surface area (Å²) in [4.78, 5) is 35.2. The number of methoxy groups -OCH3 is 1. The zero-order valence-electron chi connectivity index (χ0n) is 22.3. The molecule has 0 aliphatic carbocycles. The molecule has 38 heavy (non-hydrogen) atoms. The van der Waals surface area contributed by atoms with Crippen LogP contribution in [0.2, 0.25) is 0 Å². The van der Waals surface area contributed by atoms with Crippen molar-refractivity contribution in [1.29, 1.82) is 0 Å². The van der Waals surface area contributed by atoms with Crippen molar-refractivity contribution < 1.29 is 42.5 Å². The van der Waals surface area contributed by atoms with Crippen LogP contribution < -0.4 is 10.6 Å². The van der Waals surface area contributed by atoms with Crippen molar-refractivity contribution in [2.45, 2.75) is 94.7 Å². The Morgan fingerprint density at radius 3 is 2.34 bits per heavy atom. The normalized spacial score (nSPS) is 14.4. The number of nitrogens with one attached hydrogen (secondary N) is 2. The van der Waals surface area contributed by atoms with Crippen molar-refractivity contribution in [3.8, 4) is 0 Å². The number of ether oxygens (including phenoxy) is 1. The van der Waals surface area contributed by atoms with Gasteiger partial charge in [-0.05, 0) is 32.1 Å². The lowest BCUT2D eigenvalue weighted by Gasteiger charge is -2.23. The van der Waals surface area contributed by atoms with Crippen LogP contribution in [0.1, 0.15) is 71.1 Å². The average Bonchev–Trinajstić information content (AvgIpc) is 2.88. The number of halogens is 3. The molecule has 0 rings (SSSR count). The van der Waals surface area contributed by atoms with Gasteiger partial charge in [-0.1, -0.05) is 63.3 Å². The maximum atomic E-state index is 12.8. The molecule has 12 heteroatoms. The molecule has 0 aromatic heterocycles. The summed E-state index contributed by atoms with van der Waals surface area (Å²) in [6, 6.07) is -1.61.